The lowest BCUT2D eigenvalue weighted by Crippen LogP contribution is -2.39. The molecule has 0 radical (unpaired) electrons. The Hall–Kier alpha value is -4.74. The third-order valence-electron chi connectivity index (χ3n) is 7.82. The van der Waals surface area contributed by atoms with Crippen molar-refractivity contribution in [2.24, 2.45) is 7.05 Å². The second-order valence-electron chi connectivity index (χ2n) is 10.9. The lowest BCUT2D eigenvalue weighted by Gasteiger charge is -2.26. The van der Waals surface area contributed by atoms with E-state index >= 15 is 0 Å². The number of benzene rings is 2. The van der Waals surface area contributed by atoms with Crippen molar-refractivity contribution in [3.8, 4) is 28.0 Å². The maximum Gasteiger partial charge on any atom is 0.415 e. The zero-order chi connectivity index (χ0) is 29.8. The van der Waals surface area contributed by atoms with Gasteiger partial charge in [0.25, 0.3) is 5.91 Å². The number of amides is 2. The number of rotatable bonds is 7. The van der Waals surface area contributed by atoms with Gasteiger partial charge in [-0.1, -0.05) is 36.4 Å². The molecular weight excluding hydrogens is 546 g/mol. The van der Waals surface area contributed by atoms with Crippen LogP contribution in [0.3, 0.4) is 0 Å². The van der Waals surface area contributed by atoms with Gasteiger partial charge in [0.05, 0.1) is 25.0 Å². The summed E-state index contributed by atoms with van der Waals surface area (Å²) >= 11 is 0. The van der Waals surface area contributed by atoms with Crippen molar-refractivity contribution < 1.29 is 19.1 Å². The number of likely N-dealkylation sites (tertiary alicyclic amines) is 1. The number of carbonyl (C=O) groups excluding carboxylic acids is 2. The molecule has 0 bridgehead atoms. The average molecular weight is 582 g/mol. The van der Waals surface area contributed by atoms with Gasteiger partial charge in [0, 0.05) is 69.3 Å². The van der Waals surface area contributed by atoms with Gasteiger partial charge in [0.1, 0.15) is 11.6 Å². The minimum Gasteiger partial charge on any atom is -0.410 e. The van der Waals surface area contributed by atoms with Gasteiger partial charge in [-0.25, -0.2) is 9.78 Å². The number of carbonyl (C=O) groups is 2. The molecule has 3 N–H and O–H groups in total. The molecule has 43 heavy (non-hydrogen) atoms. The smallest absolute Gasteiger partial charge is 0.410 e. The van der Waals surface area contributed by atoms with Crippen molar-refractivity contribution in [2.75, 3.05) is 45.1 Å². The fraction of sp³-hybridized carbons (Fsp3) is 0.312. The zero-order valence-corrected chi connectivity index (χ0v) is 24.1. The molecule has 1 atom stereocenters. The van der Waals surface area contributed by atoms with E-state index in [4.69, 9.17) is 15.2 Å². The molecular formula is C32H35N7O4. The Morgan fingerprint density at radius 3 is 2.58 bits per heavy atom. The fourth-order valence-electron chi connectivity index (χ4n) is 5.42. The SMILES string of the molecule is Cn1cc(-c2cnc(N)c(C(=O)N[C@@H]3CCN(C(=O)Oc4cccc(-c5ccc(CN6CCOCC6)cc5)c4)C3)c2)cn1. The number of morpholine rings is 1. The van der Waals surface area contributed by atoms with Crippen molar-refractivity contribution in [1.29, 1.82) is 0 Å². The Balaban J connectivity index is 1.04. The molecule has 2 aliphatic heterocycles. The topological polar surface area (TPSA) is 128 Å². The van der Waals surface area contributed by atoms with Crippen molar-refractivity contribution in [3.63, 3.8) is 0 Å². The van der Waals surface area contributed by atoms with Crippen LogP contribution in [-0.4, -0.2) is 82.0 Å². The first-order valence-corrected chi connectivity index (χ1v) is 14.4. The van der Waals surface area contributed by atoms with Crippen LogP contribution >= 0.6 is 0 Å². The quantitative estimate of drug-likeness (QED) is 0.339. The largest absolute Gasteiger partial charge is 0.415 e. The Morgan fingerprint density at radius 2 is 1.81 bits per heavy atom. The summed E-state index contributed by atoms with van der Waals surface area (Å²) in [5.74, 6) is 0.282. The predicted octanol–water partition coefficient (Wildman–Crippen LogP) is 3.57. The summed E-state index contributed by atoms with van der Waals surface area (Å²) in [5.41, 5.74) is 11.2. The molecule has 11 nitrogen and oxygen atoms in total. The monoisotopic (exact) mass is 581 g/mol. The summed E-state index contributed by atoms with van der Waals surface area (Å²) < 4.78 is 12.8. The highest BCUT2D eigenvalue weighted by molar-refractivity contribution is 5.99. The number of ether oxygens (including phenoxy) is 2. The first kappa shape index (κ1) is 28.4. The predicted molar refractivity (Wildman–Crippen MR) is 162 cm³/mol. The molecule has 2 aromatic carbocycles. The molecule has 0 aliphatic carbocycles. The Labute approximate surface area is 250 Å². The summed E-state index contributed by atoms with van der Waals surface area (Å²) in [4.78, 5) is 34.3. The van der Waals surface area contributed by atoms with Crippen molar-refractivity contribution in [1.82, 2.24) is 29.9 Å². The molecule has 4 aromatic rings. The lowest BCUT2D eigenvalue weighted by atomic mass is 10.0. The number of nitrogens with one attached hydrogen (secondary N) is 1. The van der Waals surface area contributed by atoms with E-state index in [0.717, 1.165) is 55.1 Å². The van der Waals surface area contributed by atoms with E-state index in [0.29, 0.717) is 25.3 Å². The first-order chi connectivity index (χ1) is 20.9. The van der Waals surface area contributed by atoms with Crippen LogP contribution in [-0.2, 0) is 18.3 Å². The summed E-state index contributed by atoms with van der Waals surface area (Å²) in [5, 5.41) is 7.16. The van der Waals surface area contributed by atoms with E-state index in [1.807, 2.05) is 31.4 Å². The normalized spacial score (nSPS) is 17.1. The molecule has 0 unspecified atom stereocenters. The number of hydrogen-bond donors (Lipinski definition) is 2. The molecule has 2 aliphatic rings. The third kappa shape index (κ3) is 6.85. The average Bonchev–Trinajstić information content (AvgIpc) is 3.68. The van der Waals surface area contributed by atoms with Crippen molar-refractivity contribution in [3.05, 3.63) is 84.3 Å². The number of nitrogen functional groups attached to an aromatic ring is 1. The number of anilines is 1. The number of aryl methyl sites for hydroxylation is 1. The number of nitrogens with two attached hydrogens (primary N) is 1. The maximum absolute atomic E-state index is 13.1. The number of aromatic nitrogens is 3. The molecule has 0 spiro atoms. The number of nitrogens with zero attached hydrogens (tertiary/aromatic N) is 5. The van der Waals surface area contributed by atoms with E-state index in [1.165, 1.54) is 5.56 Å². The standard InChI is InChI=1S/C32H35N7O4/c1-37-20-26(18-35-37)25-16-29(30(33)34-17-25)31(40)36-27-9-10-39(21-27)32(41)43-28-4-2-3-24(15-28)23-7-5-22(6-8-23)19-38-11-13-42-14-12-38/h2-8,15-18,20,27H,9-14,19,21H2,1H3,(H2,33,34)(H,36,40)/t27-/m1/s1. The second-order valence-corrected chi connectivity index (χ2v) is 10.9. The Morgan fingerprint density at radius 1 is 1.00 bits per heavy atom. The molecule has 6 rings (SSSR count). The third-order valence-corrected chi connectivity index (χ3v) is 7.82. The van der Waals surface area contributed by atoms with Gasteiger partial charge in [-0.15, -0.1) is 0 Å². The van der Waals surface area contributed by atoms with Gasteiger partial charge in [0.2, 0.25) is 0 Å². The highest BCUT2D eigenvalue weighted by atomic mass is 16.6. The molecule has 2 fully saturated rings. The van der Waals surface area contributed by atoms with Crippen LogP contribution in [0.4, 0.5) is 10.6 Å². The lowest BCUT2D eigenvalue weighted by molar-refractivity contribution is 0.0342. The maximum atomic E-state index is 13.1. The van der Waals surface area contributed by atoms with E-state index in [9.17, 15) is 9.59 Å². The van der Waals surface area contributed by atoms with Crippen LogP contribution < -0.4 is 15.8 Å². The van der Waals surface area contributed by atoms with E-state index < -0.39 is 6.09 Å². The van der Waals surface area contributed by atoms with Gasteiger partial charge in [-0.3, -0.25) is 14.4 Å². The van der Waals surface area contributed by atoms with Crippen molar-refractivity contribution >= 4 is 17.8 Å². The molecule has 4 heterocycles. The van der Waals surface area contributed by atoms with Gasteiger partial charge in [-0.05, 0) is 41.3 Å². The molecule has 2 saturated heterocycles. The van der Waals surface area contributed by atoms with Crippen LogP contribution in [0.1, 0.15) is 22.3 Å². The highest BCUT2D eigenvalue weighted by Crippen LogP contribution is 2.26. The van der Waals surface area contributed by atoms with E-state index in [2.05, 4.69) is 44.6 Å². The molecule has 2 aromatic heterocycles. The van der Waals surface area contributed by atoms with Crippen LogP contribution in [0, 0.1) is 0 Å². The first-order valence-electron chi connectivity index (χ1n) is 14.4. The molecule has 0 saturated carbocycles. The fourth-order valence-corrected chi connectivity index (χ4v) is 5.42. The van der Waals surface area contributed by atoms with Gasteiger partial charge in [0.15, 0.2) is 0 Å². The Kier molecular flexibility index (Phi) is 8.34. The van der Waals surface area contributed by atoms with Gasteiger partial charge in [-0.2, -0.15) is 5.10 Å². The van der Waals surface area contributed by atoms with Crippen LogP contribution in [0.15, 0.2) is 73.2 Å². The van der Waals surface area contributed by atoms with Gasteiger partial charge < -0.3 is 25.4 Å². The van der Waals surface area contributed by atoms with Crippen molar-refractivity contribution in [2.45, 2.75) is 19.0 Å². The second kappa shape index (κ2) is 12.6. The molecule has 2 amide bonds. The summed E-state index contributed by atoms with van der Waals surface area (Å²) in [6.45, 7) is 5.18. The van der Waals surface area contributed by atoms with Crippen LogP contribution in [0.25, 0.3) is 22.3 Å². The summed E-state index contributed by atoms with van der Waals surface area (Å²) in [6.07, 6.45) is 5.32. The summed E-state index contributed by atoms with van der Waals surface area (Å²) in [7, 11) is 1.82. The van der Waals surface area contributed by atoms with E-state index in [1.54, 1.807) is 34.1 Å². The highest BCUT2D eigenvalue weighted by Gasteiger charge is 2.29. The number of hydrogen-bond acceptors (Lipinski definition) is 8. The molecule has 222 valence electrons. The zero-order valence-electron chi connectivity index (χ0n) is 24.1. The summed E-state index contributed by atoms with van der Waals surface area (Å²) in [6, 6.07) is 17.5. The minimum atomic E-state index is -0.450. The van der Waals surface area contributed by atoms with E-state index in [-0.39, 0.29) is 23.3 Å². The van der Waals surface area contributed by atoms with Crippen LogP contribution in [0.5, 0.6) is 5.75 Å². The van der Waals surface area contributed by atoms with Crippen LogP contribution in [0.2, 0.25) is 0 Å². The minimum absolute atomic E-state index is 0.144. The van der Waals surface area contributed by atoms with Gasteiger partial charge >= 0.3 is 6.09 Å². The Bertz CT molecular complexity index is 1600. The molecule has 11 heteroatoms. The number of pyridine rings is 1.